The highest BCUT2D eigenvalue weighted by atomic mass is 32.1. The monoisotopic (exact) mass is 407 g/mol. The van der Waals surface area contributed by atoms with Gasteiger partial charge in [-0.3, -0.25) is 10.1 Å². The quantitative estimate of drug-likeness (QED) is 0.513. The van der Waals surface area contributed by atoms with Gasteiger partial charge < -0.3 is 14.2 Å². The largest absolute Gasteiger partial charge is 0.490 e. The number of amides is 1. The molecule has 0 atom stereocenters. The van der Waals surface area contributed by atoms with Gasteiger partial charge in [0.25, 0.3) is 5.91 Å². The topological polar surface area (TPSA) is 82.6 Å². The van der Waals surface area contributed by atoms with Crippen LogP contribution in [-0.2, 0) is 6.42 Å². The summed E-state index contributed by atoms with van der Waals surface area (Å²) in [6, 6.07) is 3.32. The molecule has 0 saturated heterocycles. The van der Waals surface area contributed by atoms with Crippen molar-refractivity contribution in [3.8, 4) is 17.2 Å². The highest BCUT2D eigenvalue weighted by molar-refractivity contribution is 7.15. The van der Waals surface area contributed by atoms with E-state index in [1.807, 2.05) is 20.8 Å². The highest BCUT2D eigenvalue weighted by Crippen LogP contribution is 2.39. The van der Waals surface area contributed by atoms with Gasteiger partial charge in [0.1, 0.15) is 5.01 Å². The highest BCUT2D eigenvalue weighted by Gasteiger charge is 2.19. The lowest BCUT2D eigenvalue weighted by Crippen LogP contribution is -2.13. The van der Waals surface area contributed by atoms with Gasteiger partial charge in [-0.1, -0.05) is 31.1 Å². The Hall–Kier alpha value is -2.35. The Bertz CT molecular complexity index is 737. The zero-order chi connectivity index (χ0) is 20.4. The molecule has 1 amide bonds. The fourth-order valence-corrected chi connectivity index (χ4v) is 3.40. The third-order valence-electron chi connectivity index (χ3n) is 3.85. The SMILES string of the molecule is CCCCCc1nnc(NC(=O)c2cc(OCC)c(OCC)c(OCC)c2)s1. The molecule has 0 radical (unpaired) electrons. The number of nitrogens with one attached hydrogen (secondary N) is 1. The normalized spacial score (nSPS) is 10.6. The molecule has 28 heavy (non-hydrogen) atoms. The Balaban J connectivity index is 2.19. The van der Waals surface area contributed by atoms with Crippen molar-refractivity contribution in [1.29, 1.82) is 0 Å². The fraction of sp³-hybridized carbons (Fsp3) is 0.550. The van der Waals surface area contributed by atoms with Crippen LogP contribution in [0.4, 0.5) is 5.13 Å². The van der Waals surface area contributed by atoms with Crippen LogP contribution in [0.15, 0.2) is 12.1 Å². The number of hydrogen-bond acceptors (Lipinski definition) is 7. The lowest BCUT2D eigenvalue weighted by Gasteiger charge is -2.16. The van der Waals surface area contributed by atoms with Crippen LogP contribution >= 0.6 is 11.3 Å². The number of aryl methyl sites for hydroxylation is 1. The summed E-state index contributed by atoms with van der Waals surface area (Å²) in [5.41, 5.74) is 0.415. The summed E-state index contributed by atoms with van der Waals surface area (Å²) in [5.74, 6) is 1.19. The van der Waals surface area contributed by atoms with E-state index in [2.05, 4.69) is 22.4 Å². The zero-order valence-electron chi connectivity index (χ0n) is 17.0. The number of nitrogens with zero attached hydrogens (tertiary/aromatic N) is 2. The van der Waals surface area contributed by atoms with Crippen molar-refractivity contribution in [2.75, 3.05) is 25.1 Å². The molecule has 0 aliphatic heterocycles. The average molecular weight is 408 g/mol. The first-order valence-corrected chi connectivity index (χ1v) is 10.6. The van der Waals surface area contributed by atoms with E-state index in [9.17, 15) is 4.79 Å². The van der Waals surface area contributed by atoms with Gasteiger partial charge in [0.15, 0.2) is 11.5 Å². The van der Waals surface area contributed by atoms with Crippen molar-refractivity contribution in [2.45, 2.75) is 53.4 Å². The first kappa shape index (κ1) is 21.9. The molecule has 2 rings (SSSR count). The minimum atomic E-state index is -0.291. The molecular weight excluding hydrogens is 378 g/mol. The van der Waals surface area contributed by atoms with Gasteiger partial charge in [-0.2, -0.15) is 0 Å². The summed E-state index contributed by atoms with van der Waals surface area (Å²) in [4.78, 5) is 12.7. The summed E-state index contributed by atoms with van der Waals surface area (Å²) in [5, 5.41) is 12.5. The van der Waals surface area contributed by atoms with Gasteiger partial charge in [0.2, 0.25) is 10.9 Å². The Morgan fingerprint density at radius 3 is 2.18 bits per heavy atom. The van der Waals surface area contributed by atoms with Gasteiger partial charge in [0, 0.05) is 12.0 Å². The van der Waals surface area contributed by atoms with Gasteiger partial charge in [-0.15, -0.1) is 10.2 Å². The lowest BCUT2D eigenvalue weighted by atomic mass is 10.1. The zero-order valence-corrected chi connectivity index (χ0v) is 17.9. The van der Waals surface area contributed by atoms with Crippen LogP contribution in [0, 0.1) is 0 Å². The molecule has 1 N–H and O–H groups in total. The van der Waals surface area contributed by atoms with Crippen molar-refractivity contribution in [2.24, 2.45) is 0 Å². The standard InChI is InChI=1S/C20H29N3O4S/c1-5-9-10-11-17-22-23-20(28-17)21-19(24)14-12-15(25-6-2)18(27-8-4)16(13-14)26-7-3/h12-13H,5-11H2,1-4H3,(H,21,23,24). The molecule has 0 saturated carbocycles. The molecule has 2 aromatic rings. The number of unbranched alkanes of at least 4 members (excludes halogenated alkanes) is 2. The first-order valence-electron chi connectivity index (χ1n) is 9.82. The van der Waals surface area contributed by atoms with Crippen molar-refractivity contribution >= 4 is 22.4 Å². The second-order valence-electron chi connectivity index (χ2n) is 6.01. The predicted molar refractivity (Wildman–Crippen MR) is 111 cm³/mol. The smallest absolute Gasteiger partial charge is 0.257 e. The van der Waals surface area contributed by atoms with E-state index >= 15 is 0 Å². The van der Waals surface area contributed by atoms with Crippen LogP contribution < -0.4 is 19.5 Å². The summed E-state index contributed by atoms with van der Waals surface area (Å²) in [7, 11) is 0. The number of hydrogen-bond donors (Lipinski definition) is 1. The van der Waals surface area contributed by atoms with E-state index in [1.54, 1.807) is 12.1 Å². The molecule has 8 heteroatoms. The number of ether oxygens (including phenoxy) is 3. The van der Waals surface area contributed by atoms with E-state index in [-0.39, 0.29) is 5.91 Å². The predicted octanol–water partition coefficient (Wildman–Crippen LogP) is 4.72. The third-order valence-corrected chi connectivity index (χ3v) is 4.75. The Labute approximate surface area is 170 Å². The van der Waals surface area contributed by atoms with E-state index in [0.29, 0.717) is 47.8 Å². The van der Waals surface area contributed by atoms with Crippen LogP contribution in [0.1, 0.15) is 62.3 Å². The molecule has 1 heterocycles. The second kappa shape index (κ2) is 11.5. The maximum Gasteiger partial charge on any atom is 0.257 e. The molecule has 1 aromatic heterocycles. The number of benzene rings is 1. The molecule has 1 aromatic carbocycles. The minimum absolute atomic E-state index is 0.291. The summed E-state index contributed by atoms with van der Waals surface area (Å²) in [6.07, 6.45) is 4.28. The molecule has 0 aliphatic carbocycles. The number of rotatable bonds is 12. The Kier molecular flexibility index (Phi) is 9.00. The van der Waals surface area contributed by atoms with E-state index in [1.165, 1.54) is 11.3 Å². The number of carbonyl (C=O) groups excluding carboxylic acids is 1. The van der Waals surface area contributed by atoms with Crippen molar-refractivity contribution in [3.05, 3.63) is 22.7 Å². The van der Waals surface area contributed by atoms with Crippen LogP contribution in [0.5, 0.6) is 17.2 Å². The average Bonchev–Trinajstić information content (AvgIpc) is 3.12. The molecule has 0 fully saturated rings. The molecular formula is C20H29N3O4S. The third kappa shape index (κ3) is 6.09. The summed E-state index contributed by atoms with van der Waals surface area (Å²) < 4.78 is 17.0. The fourth-order valence-electron chi connectivity index (χ4n) is 2.62. The van der Waals surface area contributed by atoms with Gasteiger partial charge in [-0.05, 0) is 39.3 Å². The number of aromatic nitrogens is 2. The molecule has 0 spiro atoms. The Morgan fingerprint density at radius 2 is 1.61 bits per heavy atom. The van der Waals surface area contributed by atoms with E-state index < -0.39 is 0 Å². The summed E-state index contributed by atoms with van der Waals surface area (Å²) in [6.45, 7) is 9.18. The molecule has 0 aliphatic rings. The van der Waals surface area contributed by atoms with Crippen LogP contribution in [-0.4, -0.2) is 35.9 Å². The second-order valence-corrected chi connectivity index (χ2v) is 7.07. The maximum atomic E-state index is 12.7. The van der Waals surface area contributed by atoms with Crippen LogP contribution in [0.3, 0.4) is 0 Å². The first-order chi connectivity index (χ1) is 13.6. The van der Waals surface area contributed by atoms with E-state index in [4.69, 9.17) is 14.2 Å². The van der Waals surface area contributed by atoms with Gasteiger partial charge in [0.05, 0.1) is 19.8 Å². The molecule has 0 bridgehead atoms. The van der Waals surface area contributed by atoms with Crippen LogP contribution in [0.25, 0.3) is 0 Å². The summed E-state index contributed by atoms with van der Waals surface area (Å²) >= 11 is 1.41. The Morgan fingerprint density at radius 1 is 0.964 bits per heavy atom. The van der Waals surface area contributed by atoms with Crippen molar-refractivity contribution in [1.82, 2.24) is 10.2 Å². The van der Waals surface area contributed by atoms with Crippen molar-refractivity contribution in [3.63, 3.8) is 0 Å². The molecule has 0 unspecified atom stereocenters. The molecule has 154 valence electrons. The number of anilines is 1. The molecule has 7 nitrogen and oxygen atoms in total. The van der Waals surface area contributed by atoms with Crippen molar-refractivity contribution < 1.29 is 19.0 Å². The van der Waals surface area contributed by atoms with E-state index in [0.717, 1.165) is 30.7 Å². The number of carbonyl (C=O) groups is 1. The van der Waals surface area contributed by atoms with Gasteiger partial charge in [-0.25, -0.2) is 0 Å². The van der Waals surface area contributed by atoms with Gasteiger partial charge >= 0.3 is 0 Å². The van der Waals surface area contributed by atoms with Crippen LogP contribution in [0.2, 0.25) is 0 Å². The minimum Gasteiger partial charge on any atom is -0.490 e. The maximum absolute atomic E-state index is 12.7. The lowest BCUT2D eigenvalue weighted by molar-refractivity contribution is 0.102.